The van der Waals surface area contributed by atoms with Crippen LogP contribution in [0.5, 0.6) is 0 Å². The van der Waals surface area contributed by atoms with Crippen LogP contribution in [0.3, 0.4) is 0 Å². The van der Waals surface area contributed by atoms with Crippen LogP contribution in [0.4, 0.5) is 5.69 Å². The number of ether oxygens (including phenoxy) is 1. The molecule has 0 saturated carbocycles. The van der Waals surface area contributed by atoms with Crippen molar-refractivity contribution >= 4 is 46.6 Å². The molecule has 10 heteroatoms. The van der Waals surface area contributed by atoms with Crippen LogP contribution in [-0.4, -0.2) is 44.6 Å². The zero-order chi connectivity index (χ0) is 21.3. The maximum atomic E-state index is 12.4. The SMILES string of the molecule is CCOCCCn1c(SCC(=O)Nc2c(Cl)cccc2Cl)nnc1-c1ccncc1. The molecule has 0 spiro atoms. The number of aromatic nitrogens is 4. The number of nitrogens with zero attached hydrogens (tertiary/aromatic N) is 4. The van der Waals surface area contributed by atoms with Gasteiger partial charge in [-0.1, -0.05) is 41.0 Å². The average Bonchev–Trinajstić information content (AvgIpc) is 3.16. The molecule has 0 aliphatic rings. The highest BCUT2D eigenvalue weighted by Gasteiger charge is 2.16. The third kappa shape index (κ3) is 5.95. The fourth-order valence-corrected chi connectivity index (χ4v) is 3.96. The molecule has 0 radical (unpaired) electrons. The van der Waals surface area contributed by atoms with Crippen LogP contribution in [0, 0.1) is 0 Å². The van der Waals surface area contributed by atoms with E-state index in [-0.39, 0.29) is 11.7 Å². The van der Waals surface area contributed by atoms with Crippen molar-refractivity contribution in [1.82, 2.24) is 19.7 Å². The van der Waals surface area contributed by atoms with Crippen molar-refractivity contribution in [3.8, 4) is 11.4 Å². The fourth-order valence-electron chi connectivity index (χ4n) is 2.70. The number of rotatable bonds is 10. The van der Waals surface area contributed by atoms with Crippen LogP contribution in [0.25, 0.3) is 11.4 Å². The lowest BCUT2D eigenvalue weighted by Crippen LogP contribution is -2.15. The lowest BCUT2D eigenvalue weighted by molar-refractivity contribution is -0.113. The lowest BCUT2D eigenvalue weighted by Gasteiger charge is -2.11. The van der Waals surface area contributed by atoms with Crippen molar-refractivity contribution in [2.75, 3.05) is 24.3 Å². The number of para-hydroxylation sites is 1. The molecule has 30 heavy (non-hydrogen) atoms. The molecule has 3 aromatic rings. The molecule has 0 atom stereocenters. The summed E-state index contributed by atoms with van der Waals surface area (Å²) >= 11 is 13.5. The standard InChI is InChI=1S/C20H21Cl2N5O2S/c1-2-29-12-4-11-27-19(14-7-9-23-10-8-14)25-26-20(27)30-13-17(28)24-18-15(21)5-3-6-16(18)22/h3,5-10H,2,4,11-13H2,1H3,(H,24,28). The Bertz CT molecular complexity index is 964. The topological polar surface area (TPSA) is 81.9 Å². The Morgan fingerprint density at radius 3 is 2.60 bits per heavy atom. The lowest BCUT2D eigenvalue weighted by atomic mass is 10.2. The van der Waals surface area contributed by atoms with Crippen molar-refractivity contribution in [1.29, 1.82) is 0 Å². The molecule has 0 aliphatic carbocycles. The first-order valence-electron chi connectivity index (χ1n) is 9.38. The maximum absolute atomic E-state index is 12.4. The summed E-state index contributed by atoms with van der Waals surface area (Å²) in [5.41, 5.74) is 1.31. The number of carbonyl (C=O) groups is 1. The molecule has 1 aromatic carbocycles. The van der Waals surface area contributed by atoms with Crippen LogP contribution in [0.1, 0.15) is 13.3 Å². The van der Waals surface area contributed by atoms with Crippen molar-refractivity contribution in [2.45, 2.75) is 25.0 Å². The fraction of sp³-hybridized carbons (Fsp3) is 0.300. The maximum Gasteiger partial charge on any atom is 0.234 e. The number of hydrogen-bond acceptors (Lipinski definition) is 6. The van der Waals surface area contributed by atoms with Crippen LogP contribution < -0.4 is 5.32 Å². The van der Waals surface area contributed by atoms with Gasteiger partial charge in [-0.05, 0) is 37.6 Å². The molecule has 2 heterocycles. The van der Waals surface area contributed by atoms with E-state index in [2.05, 4.69) is 20.5 Å². The Morgan fingerprint density at radius 1 is 1.17 bits per heavy atom. The third-order valence-corrected chi connectivity index (χ3v) is 5.69. The minimum Gasteiger partial charge on any atom is -0.382 e. The van der Waals surface area contributed by atoms with Crippen molar-refractivity contribution in [2.24, 2.45) is 0 Å². The molecule has 0 bridgehead atoms. The van der Waals surface area contributed by atoms with Crippen LogP contribution in [0.15, 0.2) is 47.9 Å². The van der Waals surface area contributed by atoms with Gasteiger partial charge in [-0.15, -0.1) is 10.2 Å². The van der Waals surface area contributed by atoms with Gasteiger partial charge in [0.1, 0.15) is 0 Å². The number of halogens is 2. The van der Waals surface area contributed by atoms with Crippen molar-refractivity contribution < 1.29 is 9.53 Å². The van der Waals surface area contributed by atoms with Crippen molar-refractivity contribution in [3.05, 3.63) is 52.8 Å². The summed E-state index contributed by atoms with van der Waals surface area (Å²) in [6, 6.07) is 8.83. The summed E-state index contributed by atoms with van der Waals surface area (Å²) in [7, 11) is 0. The average molecular weight is 466 g/mol. The number of amides is 1. The van der Waals surface area contributed by atoms with Crippen LogP contribution >= 0.6 is 35.0 Å². The molecule has 7 nitrogen and oxygen atoms in total. The van der Waals surface area contributed by atoms with Crippen LogP contribution in [0.2, 0.25) is 10.0 Å². The number of hydrogen-bond donors (Lipinski definition) is 1. The van der Waals surface area contributed by atoms with E-state index in [4.69, 9.17) is 27.9 Å². The predicted octanol–water partition coefficient (Wildman–Crippen LogP) is 4.80. The Morgan fingerprint density at radius 2 is 1.90 bits per heavy atom. The van der Waals surface area contributed by atoms with Gasteiger partial charge in [0.2, 0.25) is 5.91 Å². The molecule has 0 aliphatic heterocycles. The Labute approximate surface area is 189 Å². The number of nitrogens with one attached hydrogen (secondary N) is 1. The predicted molar refractivity (Wildman–Crippen MR) is 120 cm³/mol. The highest BCUT2D eigenvalue weighted by molar-refractivity contribution is 7.99. The second-order valence-electron chi connectivity index (χ2n) is 6.18. The first kappa shape index (κ1) is 22.6. The number of anilines is 1. The summed E-state index contributed by atoms with van der Waals surface area (Å²) in [5, 5.41) is 12.8. The molecular weight excluding hydrogens is 445 g/mol. The molecular formula is C20H21Cl2N5O2S. The number of thioether (sulfide) groups is 1. The number of benzene rings is 1. The summed E-state index contributed by atoms with van der Waals surface area (Å²) in [6.45, 7) is 3.95. The van der Waals surface area contributed by atoms with E-state index in [0.29, 0.717) is 40.6 Å². The minimum absolute atomic E-state index is 0.140. The second kappa shape index (κ2) is 11.3. The van der Waals surface area contributed by atoms with Gasteiger partial charge in [-0.3, -0.25) is 9.78 Å². The summed E-state index contributed by atoms with van der Waals surface area (Å²) < 4.78 is 7.44. The monoisotopic (exact) mass is 465 g/mol. The van der Waals surface area contributed by atoms with Gasteiger partial charge in [0.15, 0.2) is 11.0 Å². The van der Waals surface area contributed by atoms with Gasteiger partial charge in [0, 0.05) is 37.7 Å². The zero-order valence-corrected chi connectivity index (χ0v) is 18.7. The van der Waals surface area contributed by atoms with Gasteiger partial charge in [0.05, 0.1) is 21.5 Å². The van der Waals surface area contributed by atoms with Gasteiger partial charge < -0.3 is 14.6 Å². The zero-order valence-electron chi connectivity index (χ0n) is 16.3. The molecule has 158 valence electrons. The quantitative estimate of drug-likeness (QED) is 0.341. The van der Waals surface area contributed by atoms with E-state index in [1.165, 1.54) is 11.8 Å². The summed E-state index contributed by atoms with van der Waals surface area (Å²) in [6.07, 6.45) is 4.23. The second-order valence-corrected chi connectivity index (χ2v) is 7.93. The van der Waals surface area contributed by atoms with E-state index < -0.39 is 0 Å². The van der Waals surface area contributed by atoms with Gasteiger partial charge in [0.25, 0.3) is 0 Å². The molecule has 0 unspecified atom stereocenters. The van der Waals surface area contributed by atoms with Gasteiger partial charge in [-0.25, -0.2) is 0 Å². The molecule has 0 fully saturated rings. The molecule has 2 aromatic heterocycles. The molecule has 3 rings (SSSR count). The van der Waals surface area contributed by atoms with E-state index >= 15 is 0 Å². The Kier molecular flexibility index (Phi) is 8.50. The van der Waals surface area contributed by atoms with E-state index in [1.54, 1.807) is 30.6 Å². The third-order valence-electron chi connectivity index (χ3n) is 4.09. The summed E-state index contributed by atoms with van der Waals surface area (Å²) in [4.78, 5) is 16.5. The molecule has 0 saturated heterocycles. The van der Waals surface area contributed by atoms with E-state index in [0.717, 1.165) is 17.8 Å². The number of carbonyl (C=O) groups excluding carboxylic acids is 1. The van der Waals surface area contributed by atoms with Gasteiger partial charge in [-0.2, -0.15) is 0 Å². The first-order chi connectivity index (χ1) is 14.6. The minimum atomic E-state index is -0.232. The number of pyridine rings is 1. The van der Waals surface area contributed by atoms with Gasteiger partial charge >= 0.3 is 0 Å². The van der Waals surface area contributed by atoms with E-state index in [1.807, 2.05) is 23.6 Å². The summed E-state index contributed by atoms with van der Waals surface area (Å²) in [5.74, 6) is 0.636. The molecule has 1 amide bonds. The van der Waals surface area contributed by atoms with E-state index in [9.17, 15) is 4.79 Å². The first-order valence-corrected chi connectivity index (χ1v) is 11.1. The highest BCUT2D eigenvalue weighted by atomic mass is 35.5. The normalized spacial score (nSPS) is 10.9. The highest BCUT2D eigenvalue weighted by Crippen LogP contribution is 2.30. The Balaban J connectivity index is 1.71. The van der Waals surface area contributed by atoms with Crippen LogP contribution in [-0.2, 0) is 16.1 Å². The Hall–Kier alpha value is -2.13. The van der Waals surface area contributed by atoms with Crippen molar-refractivity contribution in [3.63, 3.8) is 0 Å². The smallest absolute Gasteiger partial charge is 0.234 e. The molecule has 1 N–H and O–H groups in total. The largest absolute Gasteiger partial charge is 0.382 e.